The summed E-state index contributed by atoms with van der Waals surface area (Å²) in [5, 5.41) is 0. The van der Waals surface area contributed by atoms with Gasteiger partial charge in [-0.15, -0.1) is 12.6 Å². The first kappa shape index (κ1) is 8.33. The lowest BCUT2D eigenvalue weighted by Gasteiger charge is -2.00. The molecule has 0 fully saturated rings. The van der Waals surface area contributed by atoms with Crippen molar-refractivity contribution in [2.75, 3.05) is 0 Å². The monoisotopic (exact) mass is 268 g/mol. The van der Waals surface area contributed by atoms with Crippen molar-refractivity contribution in [1.29, 1.82) is 0 Å². The third-order valence-corrected chi connectivity index (χ3v) is 2.92. The number of aryl methyl sites for hydroxylation is 1. The van der Waals surface area contributed by atoms with Crippen LogP contribution in [0.5, 0.6) is 0 Å². The Morgan fingerprint density at radius 2 is 2.10 bits per heavy atom. The highest BCUT2D eigenvalue weighted by molar-refractivity contribution is 14.1. The van der Waals surface area contributed by atoms with Crippen LogP contribution in [0.1, 0.15) is 5.56 Å². The van der Waals surface area contributed by atoms with Gasteiger partial charge in [-0.25, -0.2) is 4.39 Å². The molecule has 0 bridgehead atoms. The van der Waals surface area contributed by atoms with Gasteiger partial charge in [0, 0.05) is 4.90 Å². The third kappa shape index (κ3) is 1.45. The van der Waals surface area contributed by atoms with Crippen molar-refractivity contribution in [1.82, 2.24) is 0 Å². The SMILES string of the molecule is Cc1ccc(S)c(F)c1I. The maximum atomic E-state index is 12.9. The minimum Gasteiger partial charge on any atom is -0.205 e. The Morgan fingerprint density at radius 1 is 1.50 bits per heavy atom. The molecule has 1 rings (SSSR count). The molecule has 0 aromatic heterocycles. The molecule has 0 atom stereocenters. The molecule has 0 aliphatic heterocycles. The van der Waals surface area contributed by atoms with E-state index in [4.69, 9.17) is 0 Å². The molecular formula is C7H6FIS. The maximum absolute atomic E-state index is 12.9. The Kier molecular flexibility index (Phi) is 2.57. The Hall–Kier alpha value is 0.230. The zero-order valence-electron chi connectivity index (χ0n) is 5.36. The molecule has 54 valence electrons. The van der Waals surface area contributed by atoms with Gasteiger partial charge in [0.25, 0.3) is 0 Å². The summed E-state index contributed by atoms with van der Waals surface area (Å²) in [4.78, 5) is 0.412. The highest BCUT2D eigenvalue weighted by Gasteiger charge is 2.04. The highest BCUT2D eigenvalue weighted by Crippen LogP contribution is 2.21. The second kappa shape index (κ2) is 3.09. The van der Waals surface area contributed by atoms with Crippen molar-refractivity contribution in [3.05, 3.63) is 27.1 Å². The summed E-state index contributed by atoms with van der Waals surface area (Å²) in [7, 11) is 0. The third-order valence-electron chi connectivity index (χ3n) is 1.26. The Balaban J connectivity index is 3.34. The van der Waals surface area contributed by atoms with E-state index in [1.807, 2.05) is 35.6 Å². The average molecular weight is 268 g/mol. The molecule has 1 aromatic rings. The van der Waals surface area contributed by atoms with E-state index in [0.717, 1.165) is 5.56 Å². The summed E-state index contributed by atoms with van der Waals surface area (Å²) in [6, 6.07) is 3.52. The van der Waals surface area contributed by atoms with E-state index in [0.29, 0.717) is 8.47 Å². The smallest absolute Gasteiger partial charge is 0.150 e. The Morgan fingerprint density at radius 3 is 2.60 bits per heavy atom. The van der Waals surface area contributed by atoms with E-state index in [1.165, 1.54) is 0 Å². The quantitative estimate of drug-likeness (QED) is 0.542. The normalized spacial score (nSPS) is 10.0. The molecular weight excluding hydrogens is 262 g/mol. The van der Waals surface area contributed by atoms with E-state index in [-0.39, 0.29) is 5.82 Å². The van der Waals surface area contributed by atoms with Crippen molar-refractivity contribution in [3.8, 4) is 0 Å². The van der Waals surface area contributed by atoms with E-state index in [9.17, 15) is 4.39 Å². The summed E-state index contributed by atoms with van der Waals surface area (Å²) in [5.41, 5.74) is 0.955. The van der Waals surface area contributed by atoms with Gasteiger partial charge in [0.05, 0.1) is 3.57 Å². The highest BCUT2D eigenvalue weighted by atomic mass is 127. The summed E-state index contributed by atoms with van der Waals surface area (Å²) in [5.74, 6) is -0.219. The van der Waals surface area contributed by atoms with Gasteiger partial charge in [-0.1, -0.05) is 6.07 Å². The fraction of sp³-hybridized carbons (Fsp3) is 0.143. The van der Waals surface area contributed by atoms with Crippen LogP contribution in [0.2, 0.25) is 0 Å². The molecule has 0 saturated heterocycles. The molecule has 0 radical (unpaired) electrons. The molecule has 0 heterocycles. The molecule has 1 aromatic carbocycles. The van der Waals surface area contributed by atoms with Gasteiger partial charge in [-0.05, 0) is 41.1 Å². The fourth-order valence-corrected chi connectivity index (χ4v) is 1.51. The second-order valence-corrected chi connectivity index (χ2v) is 3.59. The summed E-state index contributed by atoms with van der Waals surface area (Å²) in [6.45, 7) is 1.87. The van der Waals surface area contributed by atoms with Crippen molar-refractivity contribution < 1.29 is 4.39 Å². The predicted molar refractivity (Wildman–Crippen MR) is 51.1 cm³/mol. The number of halogens is 2. The predicted octanol–water partition coefficient (Wildman–Crippen LogP) is 3.03. The van der Waals surface area contributed by atoms with Gasteiger partial charge in [0.15, 0.2) is 0 Å². The number of rotatable bonds is 0. The fourth-order valence-electron chi connectivity index (χ4n) is 0.636. The van der Waals surface area contributed by atoms with Gasteiger partial charge < -0.3 is 0 Å². The minimum atomic E-state index is -0.219. The number of benzene rings is 1. The van der Waals surface area contributed by atoms with Crippen LogP contribution < -0.4 is 0 Å². The number of hydrogen-bond donors (Lipinski definition) is 1. The van der Waals surface area contributed by atoms with Gasteiger partial charge in [-0.3, -0.25) is 0 Å². The van der Waals surface area contributed by atoms with Crippen molar-refractivity contribution in [3.63, 3.8) is 0 Å². The standard InChI is InChI=1S/C7H6FIS/c1-4-2-3-5(10)6(8)7(4)9/h2-3,10H,1H3. The van der Waals surface area contributed by atoms with Gasteiger partial charge >= 0.3 is 0 Å². The molecule has 10 heavy (non-hydrogen) atoms. The van der Waals surface area contributed by atoms with Crippen LogP contribution in [0.25, 0.3) is 0 Å². The first-order valence-electron chi connectivity index (χ1n) is 2.76. The average Bonchev–Trinajstić information content (AvgIpc) is 1.93. The largest absolute Gasteiger partial charge is 0.205 e. The van der Waals surface area contributed by atoms with Gasteiger partial charge in [0.1, 0.15) is 5.82 Å². The van der Waals surface area contributed by atoms with Crippen LogP contribution in [0.15, 0.2) is 17.0 Å². The second-order valence-electron chi connectivity index (χ2n) is 2.03. The lowest BCUT2D eigenvalue weighted by atomic mass is 10.2. The van der Waals surface area contributed by atoms with Crippen LogP contribution in [-0.4, -0.2) is 0 Å². The zero-order chi connectivity index (χ0) is 7.72. The van der Waals surface area contributed by atoms with Crippen molar-refractivity contribution in [2.24, 2.45) is 0 Å². The molecule has 0 N–H and O–H groups in total. The topological polar surface area (TPSA) is 0 Å². The molecule has 0 saturated carbocycles. The van der Waals surface area contributed by atoms with Crippen LogP contribution in [-0.2, 0) is 0 Å². The van der Waals surface area contributed by atoms with E-state index >= 15 is 0 Å². The Bertz CT molecular complexity index is 233. The molecule has 0 aliphatic rings. The van der Waals surface area contributed by atoms with Crippen molar-refractivity contribution in [2.45, 2.75) is 11.8 Å². The number of hydrogen-bond acceptors (Lipinski definition) is 1. The Labute approximate surface area is 78.4 Å². The molecule has 3 heteroatoms. The lowest BCUT2D eigenvalue weighted by Crippen LogP contribution is -1.87. The van der Waals surface area contributed by atoms with Gasteiger partial charge in [-0.2, -0.15) is 0 Å². The maximum Gasteiger partial charge on any atom is 0.150 e. The van der Waals surface area contributed by atoms with E-state index in [2.05, 4.69) is 12.6 Å². The van der Waals surface area contributed by atoms with Gasteiger partial charge in [0.2, 0.25) is 0 Å². The van der Waals surface area contributed by atoms with Crippen molar-refractivity contribution >= 4 is 35.2 Å². The van der Waals surface area contributed by atoms with E-state index in [1.54, 1.807) is 6.07 Å². The zero-order valence-corrected chi connectivity index (χ0v) is 8.41. The van der Waals surface area contributed by atoms with Crippen LogP contribution in [0, 0.1) is 16.3 Å². The van der Waals surface area contributed by atoms with Crippen LogP contribution in [0.3, 0.4) is 0 Å². The van der Waals surface area contributed by atoms with Crippen LogP contribution in [0.4, 0.5) is 4.39 Å². The molecule has 0 nitrogen and oxygen atoms in total. The first-order valence-corrected chi connectivity index (χ1v) is 4.29. The number of thiol groups is 1. The summed E-state index contributed by atoms with van der Waals surface area (Å²) >= 11 is 5.91. The molecule has 0 unspecified atom stereocenters. The van der Waals surface area contributed by atoms with Crippen LogP contribution >= 0.6 is 35.2 Å². The summed E-state index contributed by atoms with van der Waals surface area (Å²) in [6.07, 6.45) is 0. The molecule has 0 amide bonds. The lowest BCUT2D eigenvalue weighted by molar-refractivity contribution is 0.593. The molecule has 0 aliphatic carbocycles. The van der Waals surface area contributed by atoms with E-state index < -0.39 is 0 Å². The summed E-state index contributed by atoms with van der Waals surface area (Å²) < 4.78 is 13.6. The molecule has 0 spiro atoms. The minimum absolute atomic E-state index is 0.219. The first-order chi connectivity index (χ1) is 4.63.